The fourth-order valence-corrected chi connectivity index (χ4v) is 2.16. The van der Waals surface area contributed by atoms with Crippen LogP contribution >= 0.6 is 0 Å². The standard InChI is InChI=1S/C11H18N4O/c1-8-13-5-2-10(14-8)11(15-12)9-3-6-16-7-4-9/h2,5,9,11,15H,3-4,6-7,12H2,1H3. The lowest BCUT2D eigenvalue weighted by atomic mass is 9.90. The van der Waals surface area contributed by atoms with Gasteiger partial charge in [-0.1, -0.05) is 0 Å². The Kier molecular flexibility index (Phi) is 3.82. The normalized spacial score (nSPS) is 19.6. The molecule has 1 unspecified atom stereocenters. The molecular weight excluding hydrogens is 204 g/mol. The van der Waals surface area contributed by atoms with Crippen LogP contribution in [0.5, 0.6) is 0 Å². The van der Waals surface area contributed by atoms with Crippen LogP contribution < -0.4 is 11.3 Å². The molecule has 1 atom stereocenters. The highest BCUT2D eigenvalue weighted by Crippen LogP contribution is 2.28. The Bertz CT molecular complexity index is 339. The molecule has 1 aliphatic heterocycles. The molecule has 5 nitrogen and oxygen atoms in total. The zero-order chi connectivity index (χ0) is 11.4. The van der Waals surface area contributed by atoms with Gasteiger partial charge >= 0.3 is 0 Å². The number of nitrogens with two attached hydrogens (primary N) is 1. The first-order valence-electron chi connectivity index (χ1n) is 5.64. The lowest BCUT2D eigenvalue weighted by Crippen LogP contribution is -2.36. The smallest absolute Gasteiger partial charge is 0.125 e. The maximum Gasteiger partial charge on any atom is 0.125 e. The molecule has 1 aromatic heterocycles. The van der Waals surface area contributed by atoms with E-state index in [1.807, 2.05) is 13.0 Å². The van der Waals surface area contributed by atoms with Crippen molar-refractivity contribution in [1.82, 2.24) is 15.4 Å². The van der Waals surface area contributed by atoms with Gasteiger partial charge in [-0.2, -0.15) is 0 Å². The van der Waals surface area contributed by atoms with E-state index in [-0.39, 0.29) is 6.04 Å². The molecule has 1 fully saturated rings. The summed E-state index contributed by atoms with van der Waals surface area (Å²) in [5, 5.41) is 0. The second-order valence-corrected chi connectivity index (χ2v) is 4.12. The first kappa shape index (κ1) is 11.4. The molecule has 16 heavy (non-hydrogen) atoms. The Morgan fingerprint density at radius 2 is 2.25 bits per heavy atom. The third-order valence-electron chi connectivity index (χ3n) is 3.03. The average molecular weight is 222 g/mol. The third-order valence-corrected chi connectivity index (χ3v) is 3.03. The Morgan fingerprint density at radius 1 is 1.50 bits per heavy atom. The number of nitrogens with one attached hydrogen (secondary N) is 1. The molecule has 0 saturated carbocycles. The number of rotatable bonds is 3. The molecule has 0 radical (unpaired) electrons. The van der Waals surface area contributed by atoms with Gasteiger partial charge in [0.15, 0.2) is 0 Å². The average Bonchev–Trinajstić information content (AvgIpc) is 2.31. The van der Waals surface area contributed by atoms with Crippen LogP contribution in [-0.2, 0) is 4.74 Å². The Labute approximate surface area is 95.4 Å². The van der Waals surface area contributed by atoms with Crippen molar-refractivity contribution in [3.63, 3.8) is 0 Å². The van der Waals surface area contributed by atoms with Gasteiger partial charge in [0.25, 0.3) is 0 Å². The molecule has 0 amide bonds. The van der Waals surface area contributed by atoms with Crippen LogP contribution in [0, 0.1) is 12.8 Å². The zero-order valence-corrected chi connectivity index (χ0v) is 9.52. The number of aryl methyl sites for hydroxylation is 1. The van der Waals surface area contributed by atoms with Gasteiger partial charge in [-0.25, -0.2) is 9.97 Å². The van der Waals surface area contributed by atoms with Gasteiger partial charge in [0.2, 0.25) is 0 Å². The summed E-state index contributed by atoms with van der Waals surface area (Å²) in [5.74, 6) is 6.91. The second-order valence-electron chi connectivity index (χ2n) is 4.12. The molecule has 2 rings (SSSR count). The maximum absolute atomic E-state index is 5.63. The van der Waals surface area contributed by atoms with Crippen molar-refractivity contribution >= 4 is 0 Å². The molecule has 1 aromatic rings. The first-order valence-corrected chi connectivity index (χ1v) is 5.64. The molecule has 1 saturated heterocycles. The summed E-state index contributed by atoms with van der Waals surface area (Å²) >= 11 is 0. The monoisotopic (exact) mass is 222 g/mol. The number of nitrogens with zero attached hydrogens (tertiary/aromatic N) is 2. The third kappa shape index (κ3) is 2.55. The summed E-state index contributed by atoms with van der Waals surface area (Å²) in [6.45, 7) is 3.51. The molecule has 1 aliphatic rings. The van der Waals surface area contributed by atoms with Gasteiger partial charge in [0.1, 0.15) is 5.82 Å². The summed E-state index contributed by atoms with van der Waals surface area (Å²) in [6.07, 6.45) is 3.83. The van der Waals surface area contributed by atoms with Crippen LogP contribution in [0.2, 0.25) is 0 Å². The predicted molar refractivity (Wildman–Crippen MR) is 60.4 cm³/mol. The Morgan fingerprint density at radius 3 is 2.88 bits per heavy atom. The van der Waals surface area contributed by atoms with Gasteiger partial charge in [0.05, 0.1) is 11.7 Å². The highest BCUT2D eigenvalue weighted by atomic mass is 16.5. The van der Waals surface area contributed by atoms with E-state index in [9.17, 15) is 0 Å². The highest BCUT2D eigenvalue weighted by molar-refractivity contribution is 5.08. The zero-order valence-electron chi connectivity index (χ0n) is 9.52. The van der Waals surface area contributed by atoms with Gasteiger partial charge in [-0.15, -0.1) is 0 Å². The minimum absolute atomic E-state index is 0.102. The highest BCUT2D eigenvalue weighted by Gasteiger charge is 2.25. The number of ether oxygens (including phenoxy) is 1. The Balaban J connectivity index is 2.14. The molecule has 0 spiro atoms. The molecule has 5 heteroatoms. The van der Waals surface area contributed by atoms with Crippen LogP contribution in [0.4, 0.5) is 0 Å². The lowest BCUT2D eigenvalue weighted by molar-refractivity contribution is 0.0530. The topological polar surface area (TPSA) is 73.1 Å². The summed E-state index contributed by atoms with van der Waals surface area (Å²) in [5.41, 5.74) is 3.84. The van der Waals surface area contributed by atoms with Crippen molar-refractivity contribution in [2.75, 3.05) is 13.2 Å². The number of aromatic nitrogens is 2. The molecule has 3 N–H and O–H groups in total. The maximum atomic E-state index is 5.63. The second kappa shape index (κ2) is 5.34. The van der Waals surface area contributed by atoms with Crippen molar-refractivity contribution in [2.24, 2.45) is 11.8 Å². The van der Waals surface area contributed by atoms with Crippen molar-refractivity contribution in [3.05, 3.63) is 23.8 Å². The van der Waals surface area contributed by atoms with E-state index in [1.54, 1.807) is 6.20 Å². The molecule has 88 valence electrons. The molecule has 0 aromatic carbocycles. The number of hydrazine groups is 1. The van der Waals surface area contributed by atoms with Crippen LogP contribution in [0.25, 0.3) is 0 Å². The van der Waals surface area contributed by atoms with Gasteiger partial charge in [-0.3, -0.25) is 11.3 Å². The SMILES string of the molecule is Cc1nccc(C(NN)C2CCOCC2)n1. The number of hydrogen-bond donors (Lipinski definition) is 2. The molecular formula is C11H18N4O. The molecule has 0 bridgehead atoms. The van der Waals surface area contributed by atoms with Gasteiger partial charge in [-0.05, 0) is 31.7 Å². The van der Waals surface area contributed by atoms with Crippen molar-refractivity contribution in [3.8, 4) is 0 Å². The molecule has 0 aliphatic carbocycles. The Hall–Kier alpha value is -1.04. The van der Waals surface area contributed by atoms with E-state index in [1.165, 1.54) is 0 Å². The van der Waals surface area contributed by atoms with Crippen LogP contribution in [0.15, 0.2) is 12.3 Å². The van der Waals surface area contributed by atoms with Crippen molar-refractivity contribution < 1.29 is 4.74 Å². The predicted octanol–water partition coefficient (Wildman–Crippen LogP) is 0.716. The minimum atomic E-state index is 0.102. The largest absolute Gasteiger partial charge is 0.381 e. The van der Waals surface area contributed by atoms with Crippen molar-refractivity contribution in [1.29, 1.82) is 0 Å². The van der Waals surface area contributed by atoms with E-state index in [2.05, 4.69) is 15.4 Å². The summed E-state index contributed by atoms with van der Waals surface area (Å²) in [4.78, 5) is 8.52. The fraction of sp³-hybridized carbons (Fsp3) is 0.636. The van der Waals surface area contributed by atoms with E-state index in [4.69, 9.17) is 10.6 Å². The van der Waals surface area contributed by atoms with E-state index in [0.29, 0.717) is 5.92 Å². The van der Waals surface area contributed by atoms with Crippen LogP contribution in [0.3, 0.4) is 0 Å². The van der Waals surface area contributed by atoms with Crippen LogP contribution in [-0.4, -0.2) is 23.2 Å². The van der Waals surface area contributed by atoms with E-state index < -0.39 is 0 Å². The van der Waals surface area contributed by atoms with Gasteiger partial charge < -0.3 is 4.74 Å². The molecule has 2 heterocycles. The minimum Gasteiger partial charge on any atom is -0.381 e. The van der Waals surface area contributed by atoms with Crippen LogP contribution in [0.1, 0.15) is 30.4 Å². The summed E-state index contributed by atoms with van der Waals surface area (Å²) in [7, 11) is 0. The van der Waals surface area contributed by atoms with E-state index in [0.717, 1.165) is 37.6 Å². The first-order chi connectivity index (χ1) is 7.81. The summed E-state index contributed by atoms with van der Waals surface area (Å²) < 4.78 is 5.35. The lowest BCUT2D eigenvalue weighted by Gasteiger charge is -2.29. The van der Waals surface area contributed by atoms with E-state index >= 15 is 0 Å². The quantitative estimate of drug-likeness (QED) is 0.582. The van der Waals surface area contributed by atoms with Crippen molar-refractivity contribution in [2.45, 2.75) is 25.8 Å². The van der Waals surface area contributed by atoms with Gasteiger partial charge in [0, 0.05) is 19.4 Å². The number of hydrogen-bond acceptors (Lipinski definition) is 5. The summed E-state index contributed by atoms with van der Waals surface area (Å²) in [6, 6.07) is 2.03. The fourth-order valence-electron chi connectivity index (χ4n) is 2.16.